The molecule has 1 fully saturated rings. The van der Waals surface area contributed by atoms with E-state index in [1.165, 1.54) is 5.56 Å². The van der Waals surface area contributed by atoms with Gasteiger partial charge < -0.3 is 9.80 Å². The van der Waals surface area contributed by atoms with E-state index in [1.807, 2.05) is 23.2 Å². The molecule has 1 saturated heterocycles. The third kappa shape index (κ3) is 5.30. The van der Waals surface area contributed by atoms with Crippen LogP contribution in [-0.2, 0) is 6.54 Å². The van der Waals surface area contributed by atoms with E-state index in [1.54, 1.807) is 6.20 Å². The van der Waals surface area contributed by atoms with E-state index in [2.05, 4.69) is 53.0 Å². The van der Waals surface area contributed by atoms with Crippen molar-refractivity contribution in [1.29, 1.82) is 0 Å². The van der Waals surface area contributed by atoms with Crippen LogP contribution in [0.3, 0.4) is 0 Å². The van der Waals surface area contributed by atoms with Crippen molar-refractivity contribution in [3.63, 3.8) is 0 Å². The largest absolute Gasteiger partial charge is 0.373 e. The van der Waals surface area contributed by atoms with Crippen LogP contribution in [0.4, 0.5) is 5.69 Å². The van der Waals surface area contributed by atoms with E-state index in [0.29, 0.717) is 5.56 Å². The van der Waals surface area contributed by atoms with Gasteiger partial charge in [-0.1, -0.05) is 43.7 Å². The van der Waals surface area contributed by atoms with Crippen LogP contribution < -0.4 is 4.90 Å². The molecule has 3 rings (SSSR count). The Morgan fingerprint density at radius 2 is 1.85 bits per heavy atom. The van der Waals surface area contributed by atoms with E-state index in [0.717, 1.165) is 57.8 Å². The standard InChI is InChI=1S/C22H30N4O/c1-3-4-10-24(2)21-15-20(16-23-17-21)22(27)26-13-11-25(12-14-26)18-19-8-6-5-7-9-19/h5-9,15-17H,3-4,10-14,18H2,1-2H3. The Hall–Kier alpha value is -2.40. The van der Waals surface area contributed by atoms with Gasteiger partial charge >= 0.3 is 0 Å². The van der Waals surface area contributed by atoms with Gasteiger partial charge in [-0.05, 0) is 18.1 Å². The maximum absolute atomic E-state index is 12.9. The lowest BCUT2D eigenvalue weighted by atomic mass is 10.1. The van der Waals surface area contributed by atoms with Crippen molar-refractivity contribution < 1.29 is 4.79 Å². The van der Waals surface area contributed by atoms with E-state index < -0.39 is 0 Å². The SMILES string of the molecule is CCCCN(C)c1cncc(C(=O)N2CCN(Cc3ccccc3)CC2)c1. The number of pyridine rings is 1. The summed E-state index contributed by atoms with van der Waals surface area (Å²) in [4.78, 5) is 23.7. The summed E-state index contributed by atoms with van der Waals surface area (Å²) in [7, 11) is 2.06. The zero-order chi connectivity index (χ0) is 19.1. The lowest BCUT2D eigenvalue weighted by Gasteiger charge is -2.34. The second-order valence-electron chi connectivity index (χ2n) is 7.26. The lowest BCUT2D eigenvalue weighted by Crippen LogP contribution is -2.48. The molecule has 5 heteroatoms. The quantitative estimate of drug-likeness (QED) is 0.754. The van der Waals surface area contributed by atoms with Gasteiger partial charge in [0.25, 0.3) is 5.91 Å². The van der Waals surface area contributed by atoms with Crippen LogP contribution >= 0.6 is 0 Å². The lowest BCUT2D eigenvalue weighted by molar-refractivity contribution is 0.0628. The van der Waals surface area contributed by atoms with Gasteiger partial charge in [-0.15, -0.1) is 0 Å². The fourth-order valence-electron chi connectivity index (χ4n) is 3.41. The van der Waals surface area contributed by atoms with Gasteiger partial charge in [0.2, 0.25) is 0 Å². The van der Waals surface area contributed by atoms with Crippen LogP contribution in [0.15, 0.2) is 48.8 Å². The fourth-order valence-corrected chi connectivity index (χ4v) is 3.41. The molecule has 0 aliphatic carbocycles. The van der Waals surface area contributed by atoms with Gasteiger partial charge in [-0.2, -0.15) is 0 Å². The van der Waals surface area contributed by atoms with Crippen molar-refractivity contribution in [2.75, 3.05) is 44.7 Å². The minimum atomic E-state index is 0.0904. The highest BCUT2D eigenvalue weighted by atomic mass is 16.2. The number of hydrogen-bond acceptors (Lipinski definition) is 4. The summed E-state index contributed by atoms with van der Waals surface area (Å²) in [6.45, 7) is 7.46. The molecule has 1 aliphatic heterocycles. The first kappa shape index (κ1) is 19.4. The second-order valence-corrected chi connectivity index (χ2v) is 7.26. The molecule has 1 aromatic heterocycles. The average Bonchev–Trinajstić information content (AvgIpc) is 2.73. The molecule has 0 bridgehead atoms. The maximum atomic E-state index is 12.9. The van der Waals surface area contributed by atoms with E-state index in [9.17, 15) is 4.79 Å². The number of aromatic nitrogens is 1. The molecule has 0 N–H and O–H groups in total. The Kier molecular flexibility index (Phi) is 6.82. The van der Waals surface area contributed by atoms with Crippen molar-refractivity contribution in [1.82, 2.24) is 14.8 Å². The number of amides is 1. The number of piperazine rings is 1. The zero-order valence-corrected chi connectivity index (χ0v) is 16.5. The number of rotatable bonds is 7. The van der Waals surface area contributed by atoms with Gasteiger partial charge in [0.15, 0.2) is 0 Å². The monoisotopic (exact) mass is 366 g/mol. The summed E-state index contributed by atoms with van der Waals surface area (Å²) < 4.78 is 0. The molecule has 1 amide bonds. The van der Waals surface area contributed by atoms with Crippen molar-refractivity contribution in [3.05, 3.63) is 59.9 Å². The molecular formula is C22H30N4O. The number of hydrogen-bond donors (Lipinski definition) is 0. The fraction of sp³-hybridized carbons (Fsp3) is 0.455. The Balaban J connectivity index is 1.56. The molecule has 2 aromatic rings. The first-order chi connectivity index (χ1) is 13.2. The predicted molar refractivity (Wildman–Crippen MR) is 110 cm³/mol. The van der Waals surface area contributed by atoms with Crippen LogP contribution in [0.5, 0.6) is 0 Å². The Morgan fingerprint density at radius 3 is 2.56 bits per heavy atom. The minimum absolute atomic E-state index is 0.0904. The number of unbranched alkanes of at least 4 members (excludes halogenated alkanes) is 1. The Labute approximate surface area is 162 Å². The zero-order valence-electron chi connectivity index (χ0n) is 16.5. The number of nitrogens with zero attached hydrogens (tertiary/aromatic N) is 4. The van der Waals surface area contributed by atoms with Gasteiger partial charge in [0, 0.05) is 52.5 Å². The topological polar surface area (TPSA) is 39.7 Å². The highest BCUT2D eigenvalue weighted by Crippen LogP contribution is 2.17. The van der Waals surface area contributed by atoms with Crippen molar-refractivity contribution in [2.45, 2.75) is 26.3 Å². The summed E-state index contributed by atoms with van der Waals surface area (Å²) >= 11 is 0. The molecule has 27 heavy (non-hydrogen) atoms. The first-order valence-corrected chi connectivity index (χ1v) is 9.89. The summed E-state index contributed by atoms with van der Waals surface area (Å²) in [5.74, 6) is 0.0904. The third-order valence-electron chi connectivity index (χ3n) is 5.17. The smallest absolute Gasteiger partial charge is 0.255 e. The van der Waals surface area contributed by atoms with Crippen molar-refractivity contribution in [3.8, 4) is 0 Å². The molecule has 0 radical (unpaired) electrons. The van der Waals surface area contributed by atoms with Gasteiger partial charge in [0.1, 0.15) is 0 Å². The molecule has 1 aromatic carbocycles. The predicted octanol–water partition coefficient (Wildman–Crippen LogP) is 3.28. The number of carbonyl (C=O) groups is 1. The molecule has 0 saturated carbocycles. The molecule has 1 aliphatic rings. The summed E-state index contributed by atoms with van der Waals surface area (Å²) in [6, 6.07) is 12.5. The second kappa shape index (κ2) is 9.51. The Morgan fingerprint density at radius 1 is 1.11 bits per heavy atom. The van der Waals surface area contributed by atoms with Crippen molar-refractivity contribution in [2.24, 2.45) is 0 Å². The molecule has 0 atom stereocenters. The van der Waals surface area contributed by atoms with Crippen LogP contribution in [-0.4, -0.2) is 60.5 Å². The van der Waals surface area contributed by atoms with Crippen LogP contribution in [0.2, 0.25) is 0 Å². The average molecular weight is 367 g/mol. The third-order valence-corrected chi connectivity index (χ3v) is 5.17. The number of benzene rings is 1. The molecule has 0 spiro atoms. The molecule has 144 valence electrons. The van der Waals surface area contributed by atoms with Gasteiger partial charge in [0.05, 0.1) is 17.4 Å². The van der Waals surface area contributed by atoms with Gasteiger partial charge in [-0.3, -0.25) is 14.7 Å². The van der Waals surface area contributed by atoms with Crippen LogP contribution in [0.1, 0.15) is 35.7 Å². The molecule has 0 unspecified atom stereocenters. The number of carbonyl (C=O) groups excluding carboxylic acids is 1. The van der Waals surface area contributed by atoms with E-state index >= 15 is 0 Å². The summed E-state index contributed by atoms with van der Waals surface area (Å²) in [5.41, 5.74) is 3.02. The minimum Gasteiger partial charge on any atom is -0.373 e. The number of anilines is 1. The Bertz CT molecular complexity index is 726. The summed E-state index contributed by atoms with van der Waals surface area (Å²) in [5, 5.41) is 0. The molecular weight excluding hydrogens is 336 g/mol. The molecule has 5 nitrogen and oxygen atoms in total. The van der Waals surface area contributed by atoms with Crippen molar-refractivity contribution >= 4 is 11.6 Å². The van der Waals surface area contributed by atoms with Gasteiger partial charge in [-0.25, -0.2) is 0 Å². The normalized spacial score (nSPS) is 15.0. The van der Waals surface area contributed by atoms with E-state index in [4.69, 9.17) is 0 Å². The van der Waals surface area contributed by atoms with E-state index in [-0.39, 0.29) is 5.91 Å². The van der Waals surface area contributed by atoms with Crippen LogP contribution in [0.25, 0.3) is 0 Å². The maximum Gasteiger partial charge on any atom is 0.255 e. The molecule has 2 heterocycles. The first-order valence-electron chi connectivity index (χ1n) is 9.89. The highest BCUT2D eigenvalue weighted by molar-refractivity contribution is 5.94. The summed E-state index contributed by atoms with van der Waals surface area (Å²) in [6.07, 6.45) is 5.82. The van der Waals surface area contributed by atoms with Crippen LogP contribution in [0, 0.1) is 0 Å². The highest BCUT2D eigenvalue weighted by Gasteiger charge is 2.22.